The van der Waals surface area contributed by atoms with E-state index in [-0.39, 0.29) is 5.97 Å². The van der Waals surface area contributed by atoms with Crippen molar-refractivity contribution in [3.8, 4) is 0 Å². The Balaban J connectivity index is 1.64. The van der Waals surface area contributed by atoms with Crippen LogP contribution in [-0.2, 0) is 4.74 Å². The van der Waals surface area contributed by atoms with Crippen LogP contribution in [0.1, 0.15) is 17.3 Å². The highest BCUT2D eigenvalue weighted by Gasteiger charge is 2.08. The maximum Gasteiger partial charge on any atom is 0.338 e. The second-order valence-electron chi connectivity index (χ2n) is 5.79. The van der Waals surface area contributed by atoms with E-state index in [1.165, 1.54) is 0 Å². The first kappa shape index (κ1) is 19.9. The Labute approximate surface area is 174 Å². The number of anilines is 2. The smallest absolute Gasteiger partial charge is 0.338 e. The maximum absolute atomic E-state index is 11.7. The zero-order chi connectivity index (χ0) is 19.8. The highest BCUT2D eigenvalue weighted by atomic mass is 32.2. The number of carbonyl (C=O) groups excluding carboxylic acids is 1. The molecule has 0 amide bonds. The Morgan fingerprint density at radius 3 is 2.32 bits per heavy atom. The summed E-state index contributed by atoms with van der Waals surface area (Å²) < 4.78 is 4.99. The van der Waals surface area contributed by atoms with Gasteiger partial charge in [-0.1, -0.05) is 42.1 Å². The van der Waals surface area contributed by atoms with Crippen molar-refractivity contribution < 1.29 is 9.53 Å². The van der Waals surface area contributed by atoms with Crippen molar-refractivity contribution in [2.75, 3.05) is 17.2 Å². The van der Waals surface area contributed by atoms with Gasteiger partial charge in [0, 0.05) is 15.5 Å². The molecular weight excluding hydrogens is 388 g/mol. The third-order valence-corrected chi connectivity index (χ3v) is 5.05. The van der Waals surface area contributed by atoms with Gasteiger partial charge in [-0.2, -0.15) is 0 Å². The molecule has 6 heteroatoms. The Morgan fingerprint density at radius 1 is 0.929 bits per heavy atom. The van der Waals surface area contributed by atoms with Crippen molar-refractivity contribution in [1.82, 2.24) is 0 Å². The van der Waals surface area contributed by atoms with Crippen molar-refractivity contribution in [2.45, 2.75) is 16.7 Å². The SMILES string of the molecule is CCOC(=O)c1ccc(NC(=S)Nc2ccccc2Sc2ccccc2)cc1. The van der Waals surface area contributed by atoms with E-state index in [1.807, 2.05) is 36.4 Å². The minimum atomic E-state index is -0.332. The van der Waals surface area contributed by atoms with E-state index < -0.39 is 0 Å². The summed E-state index contributed by atoms with van der Waals surface area (Å²) in [5.41, 5.74) is 2.23. The first-order valence-electron chi connectivity index (χ1n) is 8.83. The molecular formula is C22H20N2O2S2. The molecule has 0 atom stereocenters. The Hall–Kier alpha value is -2.83. The second kappa shape index (κ2) is 9.92. The van der Waals surface area contributed by atoms with Crippen LogP contribution in [0.3, 0.4) is 0 Å². The maximum atomic E-state index is 11.7. The minimum absolute atomic E-state index is 0.332. The number of hydrogen-bond acceptors (Lipinski definition) is 4. The van der Waals surface area contributed by atoms with Gasteiger partial charge in [-0.25, -0.2) is 4.79 Å². The Kier molecular flexibility index (Phi) is 7.06. The highest BCUT2D eigenvalue weighted by molar-refractivity contribution is 7.99. The third kappa shape index (κ3) is 5.58. The minimum Gasteiger partial charge on any atom is -0.462 e. The molecule has 3 aromatic carbocycles. The van der Waals surface area contributed by atoms with Gasteiger partial charge >= 0.3 is 5.97 Å². The number of esters is 1. The molecule has 0 unspecified atom stereocenters. The molecule has 3 rings (SSSR count). The molecule has 0 fully saturated rings. The number of nitrogens with one attached hydrogen (secondary N) is 2. The van der Waals surface area contributed by atoms with Crippen molar-refractivity contribution >= 4 is 46.4 Å². The predicted molar refractivity (Wildman–Crippen MR) is 119 cm³/mol. The van der Waals surface area contributed by atoms with Gasteiger partial charge in [-0.15, -0.1) is 0 Å². The van der Waals surface area contributed by atoms with Gasteiger partial charge in [0.15, 0.2) is 5.11 Å². The van der Waals surface area contributed by atoms with Gasteiger partial charge in [0.05, 0.1) is 17.9 Å². The predicted octanol–water partition coefficient (Wildman–Crippen LogP) is 5.82. The summed E-state index contributed by atoms with van der Waals surface area (Å²) in [6.07, 6.45) is 0. The van der Waals surface area contributed by atoms with Crippen LogP contribution in [0.15, 0.2) is 88.7 Å². The number of ether oxygens (including phenoxy) is 1. The van der Waals surface area contributed by atoms with Gasteiger partial charge in [-0.3, -0.25) is 0 Å². The molecule has 28 heavy (non-hydrogen) atoms. The summed E-state index contributed by atoms with van der Waals surface area (Å²) in [7, 11) is 0. The Morgan fingerprint density at radius 2 is 1.61 bits per heavy atom. The lowest BCUT2D eigenvalue weighted by Gasteiger charge is -2.14. The molecule has 4 nitrogen and oxygen atoms in total. The van der Waals surface area contributed by atoms with E-state index in [0.29, 0.717) is 17.3 Å². The van der Waals surface area contributed by atoms with Crippen molar-refractivity contribution in [1.29, 1.82) is 0 Å². The average Bonchev–Trinajstić information content (AvgIpc) is 2.71. The van der Waals surface area contributed by atoms with E-state index in [4.69, 9.17) is 17.0 Å². The van der Waals surface area contributed by atoms with Crippen LogP contribution in [0.5, 0.6) is 0 Å². The average molecular weight is 409 g/mol. The topological polar surface area (TPSA) is 50.4 Å². The van der Waals surface area contributed by atoms with Gasteiger partial charge in [0.25, 0.3) is 0 Å². The van der Waals surface area contributed by atoms with Gasteiger partial charge < -0.3 is 15.4 Å². The zero-order valence-corrected chi connectivity index (χ0v) is 17.0. The molecule has 142 valence electrons. The Bertz CT molecular complexity index is 944. The summed E-state index contributed by atoms with van der Waals surface area (Å²) in [4.78, 5) is 14.0. The molecule has 0 radical (unpaired) electrons. The summed E-state index contributed by atoms with van der Waals surface area (Å²) in [5, 5.41) is 6.86. The first-order valence-corrected chi connectivity index (χ1v) is 10.1. The quantitative estimate of drug-likeness (QED) is 0.396. The number of para-hydroxylation sites is 1. The number of hydrogen-bond donors (Lipinski definition) is 2. The molecule has 2 N–H and O–H groups in total. The number of carbonyl (C=O) groups is 1. The molecule has 0 aliphatic heterocycles. The fourth-order valence-electron chi connectivity index (χ4n) is 2.46. The van der Waals surface area contributed by atoms with Gasteiger partial charge in [0.1, 0.15) is 0 Å². The lowest BCUT2D eigenvalue weighted by molar-refractivity contribution is 0.0526. The molecule has 0 heterocycles. The van der Waals surface area contributed by atoms with E-state index >= 15 is 0 Å². The summed E-state index contributed by atoms with van der Waals surface area (Å²) in [6, 6.07) is 25.2. The molecule has 0 aliphatic carbocycles. The lowest BCUT2D eigenvalue weighted by Crippen LogP contribution is -2.19. The van der Waals surface area contributed by atoms with Crippen LogP contribution >= 0.6 is 24.0 Å². The van der Waals surface area contributed by atoms with Crippen LogP contribution in [0.2, 0.25) is 0 Å². The molecule has 0 spiro atoms. The monoisotopic (exact) mass is 408 g/mol. The summed E-state index contributed by atoms with van der Waals surface area (Å²) >= 11 is 7.12. The summed E-state index contributed by atoms with van der Waals surface area (Å²) in [5.74, 6) is -0.332. The van der Waals surface area contributed by atoms with Crippen molar-refractivity contribution in [3.05, 3.63) is 84.4 Å². The second-order valence-corrected chi connectivity index (χ2v) is 7.31. The largest absolute Gasteiger partial charge is 0.462 e. The van der Waals surface area contributed by atoms with E-state index in [2.05, 4.69) is 28.8 Å². The van der Waals surface area contributed by atoms with Gasteiger partial charge in [0.2, 0.25) is 0 Å². The first-order chi connectivity index (χ1) is 13.7. The summed E-state index contributed by atoms with van der Waals surface area (Å²) in [6.45, 7) is 2.14. The standard InChI is InChI=1S/C22H20N2O2S2/c1-2-26-21(25)16-12-14-17(15-13-16)23-22(27)24-19-10-6-7-11-20(19)28-18-8-4-3-5-9-18/h3-15H,2H2,1H3,(H2,23,24,27). The molecule has 0 aromatic heterocycles. The van der Waals surface area contributed by atoms with E-state index in [0.717, 1.165) is 21.2 Å². The van der Waals surface area contributed by atoms with Crippen LogP contribution in [0.25, 0.3) is 0 Å². The molecule has 3 aromatic rings. The zero-order valence-electron chi connectivity index (χ0n) is 15.3. The number of rotatable bonds is 6. The molecule has 0 bridgehead atoms. The third-order valence-electron chi connectivity index (χ3n) is 3.76. The van der Waals surface area contributed by atoms with Crippen LogP contribution in [0, 0.1) is 0 Å². The van der Waals surface area contributed by atoms with Crippen molar-refractivity contribution in [3.63, 3.8) is 0 Å². The molecule has 0 saturated heterocycles. The normalized spacial score (nSPS) is 10.2. The molecule has 0 saturated carbocycles. The number of benzene rings is 3. The molecule has 0 aliphatic rings. The van der Waals surface area contributed by atoms with Crippen molar-refractivity contribution in [2.24, 2.45) is 0 Å². The lowest BCUT2D eigenvalue weighted by atomic mass is 10.2. The number of thiocarbonyl (C=S) groups is 1. The van der Waals surface area contributed by atoms with Gasteiger partial charge in [-0.05, 0) is 67.7 Å². The van der Waals surface area contributed by atoms with Crippen LogP contribution in [-0.4, -0.2) is 17.7 Å². The fraction of sp³-hybridized carbons (Fsp3) is 0.0909. The van der Waals surface area contributed by atoms with Crippen LogP contribution in [0.4, 0.5) is 11.4 Å². The van der Waals surface area contributed by atoms with E-state index in [9.17, 15) is 4.79 Å². The van der Waals surface area contributed by atoms with Crippen LogP contribution < -0.4 is 10.6 Å². The highest BCUT2D eigenvalue weighted by Crippen LogP contribution is 2.33. The van der Waals surface area contributed by atoms with E-state index in [1.54, 1.807) is 43.0 Å². The fourth-order valence-corrected chi connectivity index (χ4v) is 3.61.